The Bertz CT molecular complexity index is 507. The van der Waals surface area contributed by atoms with Gasteiger partial charge in [-0.05, 0) is 31.9 Å². The molecular weight excluding hydrogens is 264 g/mol. The van der Waals surface area contributed by atoms with Crippen molar-refractivity contribution in [1.29, 1.82) is 0 Å². The molecule has 1 heterocycles. The zero-order valence-corrected chi connectivity index (χ0v) is 11.5. The molecule has 2 rings (SSSR count). The van der Waals surface area contributed by atoms with Crippen LogP contribution in [0.15, 0.2) is 18.2 Å². The summed E-state index contributed by atoms with van der Waals surface area (Å²) in [5, 5.41) is 9.41. The Morgan fingerprint density at radius 2 is 2.20 bits per heavy atom. The first kappa shape index (κ1) is 14.9. The number of likely N-dealkylation sites (tertiary alicyclic amines) is 1. The first-order valence-electron chi connectivity index (χ1n) is 6.86. The van der Waals surface area contributed by atoms with Crippen molar-refractivity contribution in [3.05, 3.63) is 35.4 Å². The molecular formula is C15H19F2NO2. The van der Waals surface area contributed by atoms with Crippen LogP contribution >= 0.6 is 0 Å². The van der Waals surface area contributed by atoms with E-state index in [0.29, 0.717) is 31.5 Å². The molecule has 0 amide bonds. The number of hydrogen-bond donors (Lipinski definition) is 1. The van der Waals surface area contributed by atoms with Gasteiger partial charge in [0.15, 0.2) is 0 Å². The van der Waals surface area contributed by atoms with Crippen LogP contribution in [0.4, 0.5) is 8.78 Å². The van der Waals surface area contributed by atoms with Gasteiger partial charge in [0.05, 0.1) is 5.41 Å². The van der Waals surface area contributed by atoms with Gasteiger partial charge in [-0.1, -0.05) is 13.0 Å². The van der Waals surface area contributed by atoms with Gasteiger partial charge in [-0.15, -0.1) is 0 Å². The highest BCUT2D eigenvalue weighted by Gasteiger charge is 2.40. The molecule has 0 bridgehead atoms. The second-order valence-electron chi connectivity index (χ2n) is 5.49. The van der Waals surface area contributed by atoms with Crippen LogP contribution in [-0.4, -0.2) is 29.1 Å². The summed E-state index contributed by atoms with van der Waals surface area (Å²) < 4.78 is 26.5. The fourth-order valence-corrected chi connectivity index (χ4v) is 2.87. The monoisotopic (exact) mass is 283 g/mol. The number of piperidine rings is 1. The molecule has 0 radical (unpaired) electrons. The van der Waals surface area contributed by atoms with E-state index in [1.54, 1.807) is 0 Å². The van der Waals surface area contributed by atoms with Crippen LogP contribution in [0.2, 0.25) is 0 Å². The summed E-state index contributed by atoms with van der Waals surface area (Å²) in [5.41, 5.74) is -0.335. The normalized spacial score (nSPS) is 23.8. The lowest BCUT2D eigenvalue weighted by molar-refractivity contribution is -0.153. The Kier molecular flexibility index (Phi) is 4.38. The summed E-state index contributed by atoms with van der Waals surface area (Å²) >= 11 is 0. The number of carboxylic acids is 1. The molecule has 1 unspecified atom stereocenters. The van der Waals surface area contributed by atoms with Crippen LogP contribution in [0.5, 0.6) is 0 Å². The molecule has 1 atom stereocenters. The molecule has 20 heavy (non-hydrogen) atoms. The number of carbonyl (C=O) groups is 1. The summed E-state index contributed by atoms with van der Waals surface area (Å²) in [6, 6.07) is 3.52. The largest absolute Gasteiger partial charge is 0.481 e. The first-order chi connectivity index (χ1) is 9.47. The molecule has 3 nitrogen and oxygen atoms in total. The number of carboxylic acid groups (broad SMARTS) is 1. The van der Waals surface area contributed by atoms with E-state index in [1.165, 1.54) is 12.1 Å². The number of benzene rings is 1. The topological polar surface area (TPSA) is 40.5 Å². The van der Waals surface area contributed by atoms with Crippen LogP contribution < -0.4 is 0 Å². The van der Waals surface area contributed by atoms with Crippen LogP contribution in [0.1, 0.15) is 31.7 Å². The molecule has 0 spiro atoms. The zero-order valence-electron chi connectivity index (χ0n) is 11.5. The molecule has 110 valence electrons. The molecule has 1 aromatic rings. The third-order valence-electron chi connectivity index (χ3n) is 4.20. The lowest BCUT2D eigenvalue weighted by Gasteiger charge is -2.39. The second-order valence-corrected chi connectivity index (χ2v) is 5.49. The number of halogens is 2. The average molecular weight is 283 g/mol. The quantitative estimate of drug-likeness (QED) is 0.923. The Labute approximate surface area is 117 Å². The zero-order chi connectivity index (χ0) is 14.8. The number of aliphatic carboxylic acids is 1. The van der Waals surface area contributed by atoms with Gasteiger partial charge in [0.25, 0.3) is 0 Å². The third kappa shape index (κ3) is 2.98. The Balaban J connectivity index is 2.11. The third-order valence-corrected chi connectivity index (χ3v) is 4.20. The van der Waals surface area contributed by atoms with Crippen molar-refractivity contribution >= 4 is 5.97 Å². The van der Waals surface area contributed by atoms with E-state index in [4.69, 9.17) is 0 Å². The molecule has 1 aliphatic rings. The fourth-order valence-electron chi connectivity index (χ4n) is 2.87. The summed E-state index contributed by atoms with van der Waals surface area (Å²) in [6.07, 6.45) is 1.99. The van der Waals surface area contributed by atoms with Crippen LogP contribution in [0.25, 0.3) is 0 Å². The predicted octanol–water partition coefficient (Wildman–Crippen LogP) is 3.04. The molecule has 1 aliphatic heterocycles. The molecule has 1 fully saturated rings. The van der Waals surface area contributed by atoms with Gasteiger partial charge in [0.1, 0.15) is 11.6 Å². The summed E-state index contributed by atoms with van der Waals surface area (Å²) in [4.78, 5) is 13.4. The van der Waals surface area contributed by atoms with Crippen LogP contribution in [0, 0.1) is 17.0 Å². The molecule has 1 N–H and O–H groups in total. The van der Waals surface area contributed by atoms with E-state index in [0.717, 1.165) is 19.0 Å². The fraction of sp³-hybridized carbons (Fsp3) is 0.533. The Morgan fingerprint density at radius 3 is 2.80 bits per heavy atom. The lowest BCUT2D eigenvalue weighted by Crippen LogP contribution is -2.47. The van der Waals surface area contributed by atoms with E-state index in [-0.39, 0.29) is 0 Å². The summed E-state index contributed by atoms with van der Waals surface area (Å²) in [6.45, 7) is 3.35. The van der Waals surface area contributed by atoms with Gasteiger partial charge in [-0.25, -0.2) is 8.78 Å². The summed E-state index contributed by atoms with van der Waals surface area (Å²) in [5.74, 6) is -1.96. The van der Waals surface area contributed by atoms with Crippen molar-refractivity contribution in [1.82, 2.24) is 4.90 Å². The van der Waals surface area contributed by atoms with E-state index < -0.39 is 23.0 Å². The molecule has 1 aromatic carbocycles. The number of nitrogens with zero attached hydrogens (tertiary/aromatic N) is 1. The van der Waals surface area contributed by atoms with Crippen molar-refractivity contribution in [2.24, 2.45) is 5.41 Å². The highest BCUT2D eigenvalue weighted by atomic mass is 19.1. The van der Waals surface area contributed by atoms with E-state index in [9.17, 15) is 18.7 Å². The van der Waals surface area contributed by atoms with Gasteiger partial charge in [-0.2, -0.15) is 0 Å². The molecule has 0 aromatic heterocycles. The van der Waals surface area contributed by atoms with Crippen molar-refractivity contribution in [3.63, 3.8) is 0 Å². The maximum absolute atomic E-state index is 13.7. The molecule has 1 saturated heterocycles. The molecule has 0 aliphatic carbocycles. The van der Waals surface area contributed by atoms with Gasteiger partial charge in [0.2, 0.25) is 0 Å². The van der Waals surface area contributed by atoms with Gasteiger partial charge < -0.3 is 5.11 Å². The lowest BCUT2D eigenvalue weighted by atomic mass is 9.77. The standard InChI is InChI=1S/C15H19F2NO2/c1-2-15(14(19)20)6-3-7-18(10-15)9-11-4-5-12(16)8-13(11)17/h4-5,8H,2-3,6-7,9-10H2,1H3,(H,19,20). The van der Waals surface area contributed by atoms with Crippen molar-refractivity contribution in [2.45, 2.75) is 32.7 Å². The van der Waals surface area contributed by atoms with Crippen molar-refractivity contribution in [3.8, 4) is 0 Å². The van der Waals surface area contributed by atoms with Gasteiger partial charge >= 0.3 is 5.97 Å². The smallest absolute Gasteiger partial charge is 0.310 e. The van der Waals surface area contributed by atoms with Crippen LogP contribution in [-0.2, 0) is 11.3 Å². The van der Waals surface area contributed by atoms with E-state index >= 15 is 0 Å². The SMILES string of the molecule is CCC1(C(=O)O)CCCN(Cc2ccc(F)cc2F)C1. The molecule has 0 saturated carbocycles. The second kappa shape index (κ2) is 5.87. The van der Waals surface area contributed by atoms with Crippen molar-refractivity contribution in [2.75, 3.05) is 13.1 Å². The first-order valence-corrected chi connectivity index (χ1v) is 6.86. The predicted molar refractivity (Wildman–Crippen MR) is 71.2 cm³/mol. The highest BCUT2D eigenvalue weighted by Crippen LogP contribution is 2.34. The molecule has 5 heteroatoms. The minimum atomic E-state index is -0.788. The van der Waals surface area contributed by atoms with Gasteiger partial charge in [0, 0.05) is 24.7 Å². The van der Waals surface area contributed by atoms with E-state index in [2.05, 4.69) is 0 Å². The Hall–Kier alpha value is -1.49. The van der Waals surface area contributed by atoms with E-state index in [1.807, 2.05) is 11.8 Å². The minimum Gasteiger partial charge on any atom is -0.481 e. The maximum atomic E-state index is 13.7. The average Bonchev–Trinajstić information content (AvgIpc) is 2.42. The minimum absolute atomic E-state index is 0.321. The maximum Gasteiger partial charge on any atom is 0.310 e. The number of rotatable bonds is 4. The highest BCUT2D eigenvalue weighted by molar-refractivity contribution is 5.75. The summed E-state index contributed by atoms with van der Waals surface area (Å²) in [7, 11) is 0. The van der Waals surface area contributed by atoms with Crippen molar-refractivity contribution < 1.29 is 18.7 Å². The van der Waals surface area contributed by atoms with Crippen LogP contribution in [0.3, 0.4) is 0 Å². The Morgan fingerprint density at radius 1 is 1.45 bits per heavy atom. The van der Waals surface area contributed by atoms with Gasteiger partial charge in [-0.3, -0.25) is 9.69 Å². The number of hydrogen-bond acceptors (Lipinski definition) is 2.